The smallest absolute Gasteiger partial charge is 0.450 e. The molecule has 50 heavy (non-hydrogen) atoms. The van der Waals surface area contributed by atoms with E-state index in [-0.39, 0.29) is 26.0 Å². The average molecular weight is 754 g/mol. The van der Waals surface area contributed by atoms with Gasteiger partial charge < -0.3 is 20.1 Å². The quantitative estimate of drug-likeness (QED) is 0.0270. The minimum Gasteiger partial charge on any atom is -0.450 e. The standard InChI is InChI=1S/C37H72NO10PS/c1-3-5-7-9-11-13-15-17-19-21-23-25-27-29-35(39)47-34(33-46-49(41,42)45-32-31-38)37(50(43)44)48-36(40)30-28-26-24-22-20-18-16-14-12-10-8-6-4-2/h34H,3-33,38H2,1-2H3,(H,41,42)/t34-/m0/s1. The van der Waals surface area contributed by atoms with Crippen molar-refractivity contribution in [2.24, 2.45) is 5.73 Å². The average Bonchev–Trinajstić information content (AvgIpc) is 3.08. The number of hydrogen-bond acceptors (Lipinski definition) is 10. The Morgan fingerprint density at radius 2 is 0.960 bits per heavy atom. The number of esters is 2. The molecule has 0 aromatic carbocycles. The van der Waals surface area contributed by atoms with Gasteiger partial charge in [0.2, 0.25) is 0 Å². The van der Waals surface area contributed by atoms with Crippen molar-refractivity contribution in [3.8, 4) is 0 Å². The first kappa shape index (κ1) is 48.7. The van der Waals surface area contributed by atoms with Crippen LogP contribution in [0.5, 0.6) is 0 Å². The second kappa shape index (κ2) is 34.8. The lowest BCUT2D eigenvalue weighted by molar-refractivity contribution is -0.149. The fourth-order valence-electron chi connectivity index (χ4n) is 5.68. The van der Waals surface area contributed by atoms with Crippen molar-refractivity contribution >= 4 is 35.1 Å². The van der Waals surface area contributed by atoms with E-state index in [0.29, 0.717) is 12.8 Å². The Hall–Kier alpha value is -1.30. The van der Waals surface area contributed by atoms with Crippen LogP contribution >= 0.6 is 7.82 Å². The van der Waals surface area contributed by atoms with E-state index in [9.17, 15) is 27.5 Å². The molecule has 0 aliphatic carbocycles. The maximum Gasteiger partial charge on any atom is 0.472 e. The van der Waals surface area contributed by atoms with Gasteiger partial charge in [0.15, 0.2) is 6.10 Å². The summed E-state index contributed by atoms with van der Waals surface area (Å²) in [4.78, 5) is 35.1. The van der Waals surface area contributed by atoms with Gasteiger partial charge in [-0.05, 0) is 12.8 Å². The molecule has 2 atom stereocenters. The van der Waals surface area contributed by atoms with Crippen molar-refractivity contribution in [3.63, 3.8) is 0 Å². The molecule has 11 nitrogen and oxygen atoms in total. The lowest BCUT2D eigenvalue weighted by Gasteiger charge is -2.19. The van der Waals surface area contributed by atoms with Crippen LogP contribution in [0.15, 0.2) is 0 Å². The van der Waals surface area contributed by atoms with Crippen LogP contribution in [0.1, 0.15) is 194 Å². The first-order valence-corrected chi connectivity index (χ1v) is 22.4. The second-order valence-electron chi connectivity index (χ2n) is 13.4. The highest BCUT2D eigenvalue weighted by atomic mass is 32.2. The summed E-state index contributed by atoms with van der Waals surface area (Å²) < 4.78 is 56.4. The zero-order chi connectivity index (χ0) is 37.1. The number of phosphoric acid groups is 1. The third-order valence-electron chi connectivity index (χ3n) is 8.65. The Labute approximate surface area is 305 Å². The summed E-state index contributed by atoms with van der Waals surface area (Å²) in [5.74, 6) is -1.52. The highest BCUT2D eigenvalue weighted by molar-refractivity contribution is 7.72. The number of carbonyl (C=O) groups is 2. The Morgan fingerprint density at radius 1 is 0.600 bits per heavy atom. The van der Waals surface area contributed by atoms with Gasteiger partial charge >= 0.3 is 19.8 Å². The van der Waals surface area contributed by atoms with E-state index in [4.69, 9.17) is 24.3 Å². The summed E-state index contributed by atoms with van der Waals surface area (Å²) in [5.41, 5.74) is 5.31. The van der Waals surface area contributed by atoms with E-state index in [1.807, 2.05) is 0 Å². The number of hydrogen-bond donors (Lipinski definition) is 2. The lowest BCUT2D eigenvalue weighted by atomic mass is 10.0. The van der Waals surface area contributed by atoms with Gasteiger partial charge in [-0.15, -0.1) is 0 Å². The second-order valence-corrected chi connectivity index (χ2v) is 15.7. The molecule has 0 bridgehead atoms. The van der Waals surface area contributed by atoms with E-state index in [0.717, 1.165) is 51.4 Å². The predicted octanol–water partition coefficient (Wildman–Crippen LogP) is 9.51. The molecule has 13 heteroatoms. The Balaban J connectivity index is 4.64. The van der Waals surface area contributed by atoms with Crippen molar-refractivity contribution in [1.82, 2.24) is 0 Å². The molecule has 0 radical (unpaired) electrons. The zero-order valence-electron chi connectivity index (χ0n) is 31.6. The first-order valence-electron chi connectivity index (χ1n) is 19.8. The summed E-state index contributed by atoms with van der Waals surface area (Å²) >= 11 is 0. The number of rotatable bonds is 36. The van der Waals surface area contributed by atoms with Crippen LogP contribution in [-0.2, 0) is 43.0 Å². The molecule has 3 N–H and O–H groups in total. The maximum atomic E-state index is 12.7. The van der Waals surface area contributed by atoms with E-state index < -0.39 is 47.8 Å². The molecule has 1 unspecified atom stereocenters. The van der Waals surface area contributed by atoms with Gasteiger partial charge in [-0.2, -0.15) is 8.42 Å². The van der Waals surface area contributed by atoms with Gasteiger partial charge in [-0.25, -0.2) is 4.57 Å². The summed E-state index contributed by atoms with van der Waals surface area (Å²) in [6.07, 6.45) is 27.9. The van der Waals surface area contributed by atoms with E-state index >= 15 is 0 Å². The molecule has 0 rings (SSSR count). The van der Waals surface area contributed by atoms with E-state index in [1.54, 1.807) is 0 Å². The molecule has 0 fully saturated rings. The van der Waals surface area contributed by atoms with Gasteiger partial charge in [0, 0.05) is 19.4 Å². The van der Waals surface area contributed by atoms with Gasteiger partial charge in [0.1, 0.15) is 6.61 Å². The number of phosphoric ester groups is 1. The fraction of sp³-hybridized carbons (Fsp3) is 0.919. The molecule has 0 heterocycles. The highest BCUT2D eigenvalue weighted by Crippen LogP contribution is 2.43. The Morgan fingerprint density at radius 3 is 1.32 bits per heavy atom. The molecular formula is C37H72NO10PS. The van der Waals surface area contributed by atoms with Crippen LogP contribution < -0.4 is 5.73 Å². The predicted molar refractivity (Wildman–Crippen MR) is 201 cm³/mol. The highest BCUT2D eigenvalue weighted by Gasteiger charge is 2.31. The monoisotopic (exact) mass is 753 g/mol. The van der Waals surface area contributed by atoms with Crippen molar-refractivity contribution in [2.45, 2.75) is 200 Å². The summed E-state index contributed by atoms with van der Waals surface area (Å²) in [5, 5.41) is -0.873. The summed E-state index contributed by atoms with van der Waals surface area (Å²) in [7, 11) is -7.74. The molecule has 296 valence electrons. The number of ether oxygens (including phenoxy) is 2. The van der Waals surface area contributed by atoms with Crippen LogP contribution in [0.4, 0.5) is 0 Å². The molecule has 0 aromatic rings. The molecule has 0 aliphatic rings. The molecule has 0 aliphatic heterocycles. The zero-order valence-corrected chi connectivity index (χ0v) is 33.3. The van der Waals surface area contributed by atoms with Gasteiger partial charge in [-0.3, -0.25) is 18.6 Å². The summed E-state index contributed by atoms with van der Waals surface area (Å²) in [6.45, 7) is 3.25. The third-order valence-corrected chi connectivity index (χ3v) is 10.3. The first-order chi connectivity index (χ1) is 24.2. The van der Waals surface area contributed by atoms with E-state index in [1.165, 1.54) is 103 Å². The largest absolute Gasteiger partial charge is 0.472 e. The molecule has 0 saturated heterocycles. The van der Waals surface area contributed by atoms with Crippen molar-refractivity contribution in [2.75, 3.05) is 19.8 Å². The number of unbranched alkanes of at least 4 members (excludes halogenated alkanes) is 24. The molecule has 0 saturated carbocycles. The lowest BCUT2D eigenvalue weighted by Crippen LogP contribution is -2.35. The molecule has 0 spiro atoms. The van der Waals surface area contributed by atoms with Crippen LogP contribution in [-0.4, -0.2) is 56.2 Å². The third kappa shape index (κ3) is 31.4. The Kier molecular flexibility index (Phi) is 33.9. The number of carbonyl (C=O) groups excluding carboxylic acids is 2. The van der Waals surface area contributed by atoms with Crippen LogP contribution in [0.2, 0.25) is 0 Å². The normalized spacial score (nSPS) is 13.1. The summed E-state index contributed by atoms with van der Waals surface area (Å²) in [6, 6.07) is 0. The minimum atomic E-state index is -4.63. The fourth-order valence-corrected chi connectivity index (χ4v) is 6.91. The van der Waals surface area contributed by atoms with Crippen LogP contribution in [0.3, 0.4) is 0 Å². The van der Waals surface area contributed by atoms with Crippen molar-refractivity contribution < 1.29 is 46.0 Å². The van der Waals surface area contributed by atoms with Crippen LogP contribution in [0, 0.1) is 0 Å². The van der Waals surface area contributed by atoms with Gasteiger partial charge in [0.05, 0.1) is 6.61 Å². The Bertz CT molecular complexity index is 1020. The molecular weight excluding hydrogens is 681 g/mol. The topological polar surface area (TPSA) is 169 Å². The SMILES string of the molecule is CCCCCCCCCCCCCCCC(=O)OC([C@H](COP(=O)(O)OCCN)OC(=O)CCCCCCCCCCCCCCC)=S(=O)=O. The van der Waals surface area contributed by atoms with Crippen LogP contribution in [0.25, 0.3) is 0 Å². The van der Waals surface area contributed by atoms with E-state index in [2.05, 4.69) is 13.8 Å². The molecule has 0 aromatic heterocycles. The number of nitrogens with two attached hydrogens (primary N) is 1. The maximum absolute atomic E-state index is 12.7. The molecule has 0 amide bonds. The van der Waals surface area contributed by atoms with Gasteiger partial charge in [-0.1, -0.05) is 168 Å². The van der Waals surface area contributed by atoms with Gasteiger partial charge in [0.25, 0.3) is 15.3 Å². The van der Waals surface area contributed by atoms with Crippen molar-refractivity contribution in [3.05, 3.63) is 0 Å². The minimum absolute atomic E-state index is 0.0143. The van der Waals surface area contributed by atoms with Crippen molar-refractivity contribution in [1.29, 1.82) is 0 Å².